The SMILES string of the molecule is CCNCCCNc1ccc([N+](=O)[O-])c(N)c1. The van der Waals surface area contributed by atoms with Crippen molar-refractivity contribution in [3.05, 3.63) is 28.3 Å². The van der Waals surface area contributed by atoms with Crippen LogP contribution in [0.4, 0.5) is 17.1 Å². The van der Waals surface area contributed by atoms with E-state index in [-0.39, 0.29) is 11.4 Å². The molecule has 0 fully saturated rings. The van der Waals surface area contributed by atoms with Gasteiger partial charge in [-0.25, -0.2) is 0 Å². The topological polar surface area (TPSA) is 93.2 Å². The Morgan fingerprint density at radius 3 is 2.76 bits per heavy atom. The highest BCUT2D eigenvalue weighted by molar-refractivity contribution is 5.65. The van der Waals surface area contributed by atoms with Crippen LogP contribution in [0.25, 0.3) is 0 Å². The van der Waals surface area contributed by atoms with E-state index in [0.29, 0.717) is 0 Å². The lowest BCUT2D eigenvalue weighted by Crippen LogP contribution is -2.17. The summed E-state index contributed by atoms with van der Waals surface area (Å²) in [5.74, 6) is 0. The van der Waals surface area contributed by atoms with Gasteiger partial charge in [-0.15, -0.1) is 0 Å². The average molecular weight is 238 g/mol. The number of rotatable bonds is 7. The summed E-state index contributed by atoms with van der Waals surface area (Å²) < 4.78 is 0. The summed E-state index contributed by atoms with van der Waals surface area (Å²) in [5.41, 5.74) is 6.52. The highest BCUT2D eigenvalue weighted by Gasteiger charge is 2.10. The number of anilines is 2. The molecule has 0 aliphatic heterocycles. The van der Waals surface area contributed by atoms with Crippen molar-refractivity contribution in [2.75, 3.05) is 30.7 Å². The van der Waals surface area contributed by atoms with Crippen LogP contribution in [0.5, 0.6) is 0 Å². The molecule has 0 radical (unpaired) electrons. The van der Waals surface area contributed by atoms with Gasteiger partial charge in [-0.2, -0.15) is 0 Å². The Morgan fingerprint density at radius 1 is 1.41 bits per heavy atom. The van der Waals surface area contributed by atoms with Crippen molar-refractivity contribution in [3.63, 3.8) is 0 Å². The number of nitrogen functional groups attached to an aromatic ring is 1. The number of benzene rings is 1. The molecule has 1 aromatic carbocycles. The van der Waals surface area contributed by atoms with Crippen LogP contribution >= 0.6 is 0 Å². The molecule has 0 saturated heterocycles. The van der Waals surface area contributed by atoms with E-state index in [1.54, 1.807) is 12.1 Å². The minimum Gasteiger partial charge on any atom is -0.393 e. The maximum atomic E-state index is 10.6. The normalized spacial score (nSPS) is 10.2. The second kappa shape index (κ2) is 6.70. The molecule has 0 unspecified atom stereocenters. The summed E-state index contributed by atoms with van der Waals surface area (Å²) in [4.78, 5) is 10.1. The Bertz CT molecular complexity index is 382. The van der Waals surface area contributed by atoms with Crippen molar-refractivity contribution >= 4 is 17.1 Å². The van der Waals surface area contributed by atoms with Gasteiger partial charge in [-0.1, -0.05) is 6.92 Å². The predicted molar refractivity (Wildman–Crippen MR) is 69.2 cm³/mol. The van der Waals surface area contributed by atoms with E-state index in [2.05, 4.69) is 17.6 Å². The molecule has 0 aliphatic carbocycles. The van der Waals surface area contributed by atoms with E-state index in [1.165, 1.54) is 6.07 Å². The summed E-state index contributed by atoms with van der Waals surface area (Å²) in [6.45, 7) is 4.78. The van der Waals surface area contributed by atoms with Crippen LogP contribution in [-0.2, 0) is 0 Å². The Kier molecular flexibility index (Phi) is 5.22. The Balaban J connectivity index is 2.45. The van der Waals surface area contributed by atoms with E-state index in [4.69, 9.17) is 5.73 Å². The zero-order valence-electron chi connectivity index (χ0n) is 9.90. The number of nitrogens with one attached hydrogen (secondary N) is 2. The van der Waals surface area contributed by atoms with E-state index < -0.39 is 4.92 Å². The molecule has 6 nitrogen and oxygen atoms in total. The summed E-state index contributed by atoms with van der Waals surface area (Å²) >= 11 is 0. The molecule has 0 spiro atoms. The van der Waals surface area contributed by atoms with Gasteiger partial charge in [0.05, 0.1) is 4.92 Å². The molecule has 1 aromatic rings. The van der Waals surface area contributed by atoms with Gasteiger partial charge in [-0.05, 0) is 31.6 Å². The summed E-state index contributed by atoms with van der Waals surface area (Å²) in [5, 5.41) is 16.9. The third kappa shape index (κ3) is 4.28. The van der Waals surface area contributed by atoms with Crippen LogP contribution in [-0.4, -0.2) is 24.6 Å². The lowest BCUT2D eigenvalue weighted by atomic mass is 10.2. The fourth-order valence-electron chi connectivity index (χ4n) is 1.45. The fourth-order valence-corrected chi connectivity index (χ4v) is 1.45. The van der Waals surface area contributed by atoms with Crippen LogP contribution < -0.4 is 16.4 Å². The second-order valence-electron chi connectivity index (χ2n) is 3.66. The van der Waals surface area contributed by atoms with Crippen molar-refractivity contribution < 1.29 is 4.92 Å². The van der Waals surface area contributed by atoms with Gasteiger partial charge in [-0.3, -0.25) is 10.1 Å². The van der Waals surface area contributed by atoms with Crippen molar-refractivity contribution in [1.82, 2.24) is 5.32 Å². The first-order chi connectivity index (χ1) is 8.15. The second-order valence-corrected chi connectivity index (χ2v) is 3.66. The van der Waals surface area contributed by atoms with Crippen molar-refractivity contribution in [3.8, 4) is 0 Å². The first kappa shape index (κ1) is 13.2. The summed E-state index contributed by atoms with van der Waals surface area (Å²) in [6, 6.07) is 4.68. The zero-order chi connectivity index (χ0) is 12.7. The van der Waals surface area contributed by atoms with Gasteiger partial charge in [0.15, 0.2) is 0 Å². The third-order valence-electron chi connectivity index (χ3n) is 2.33. The molecule has 17 heavy (non-hydrogen) atoms. The smallest absolute Gasteiger partial charge is 0.292 e. The van der Waals surface area contributed by atoms with Crippen LogP contribution in [0.15, 0.2) is 18.2 Å². The van der Waals surface area contributed by atoms with Crippen molar-refractivity contribution in [1.29, 1.82) is 0 Å². The van der Waals surface area contributed by atoms with Crippen LogP contribution in [0.1, 0.15) is 13.3 Å². The standard InChI is InChI=1S/C11H18N4O2/c1-2-13-6-3-7-14-9-4-5-11(15(16)17)10(12)8-9/h4-5,8,13-14H,2-3,6-7,12H2,1H3. The average Bonchev–Trinajstić information content (AvgIpc) is 2.28. The molecule has 0 amide bonds. The predicted octanol–water partition coefficient (Wildman–Crippen LogP) is 1.59. The number of hydrogen-bond donors (Lipinski definition) is 3. The number of nitrogens with two attached hydrogens (primary N) is 1. The van der Waals surface area contributed by atoms with Gasteiger partial charge in [0.2, 0.25) is 0 Å². The molecule has 4 N–H and O–H groups in total. The molecule has 0 aliphatic rings. The minimum atomic E-state index is -0.482. The maximum Gasteiger partial charge on any atom is 0.292 e. The Labute approximate surface area is 100 Å². The lowest BCUT2D eigenvalue weighted by Gasteiger charge is -2.07. The number of hydrogen-bond acceptors (Lipinski definition) is 5. The highest BCUT2D eigenvalue weighted by atomic mass is 16.6. The monoisotopic (exact) mass is 238 g/mol. The van der Waals surface area contributed by atoms with Crippen LogP contribution in [0.3, 0.4) is 0 Å². The van der Waals surface area contributed by atoms with Crippen molar-refractivity contribution in [2.45, 2.75) is 13.3 Å². The zero-order valence-corrected chi connectivity index (χ0v) is 9.90. The van der Waals surface area contributed by atoms with Gasteiger partial charge >= 0.3 is 0 Å². The van der Waals surface area contributed by atoms with Gasteiger partial charge in [0, 0.05) is 18.3 Å². The van der Waals surface area contributed by atoms with E-state index >= 15 is 0 Å². The van der Waals surface area contributed by atoms with E-state index in [0.717, 1.165) is 31.7 Å². The van der Waals surface area contributed by atoms with Gasteiger partial charge < -0.3 is 16.4 Å². The van der Waals surface area contributed by atoms with Gasteiger partial charge in [0.1, 0.15) is 5.69 Å². The summed E-state index contributed by atoms with van der Waals surface area (Å²) in [7, 11) is 0. The first-order valence-corrected chi connectivity index (χ1v) is 5.63. The Morgan fingerprint density at radius 2 is 2.18 bits per heavy atom. The van der Waals surface area contributed by atoms with Crippen molar-refractivity contribution in [2.24, 2.45) is 0 Å². The van der Waals surface area contributed by atoms with E-state index in [1.807, 2.05) is 0 Å². The summed E-state index contributed by atoms with van der Waals surface area (Å²) in [6.07, 6.45) is 0.991. The highest BCUT2D eigenvalue weighted by Crippen LogP contribution is 2.24. The largest absolute Gasteiger partial charge is 0.393 e. The fraction of sp³-hybridized carbons (Fsp3) is 0.455. The van der Waals surface area contributed by atoms with Gasteiger partial charge in [0.25, 0.3) is 5.69 Å². The molecule has 0 bridgehead atoms. The van der Waals surface area contributed by atoms with E-state index in [9.17, 15) is 10.1 Å². The minimum absolute atomic E-state index is 0.0526. The molecule has 1 rings (SSSR count). The molecule has 94 valence electrons. The maximum absolute atomic E-state index is 10.6. The quantitative estimate of drug-likeness (QED) is 0.290. The molecule has 0 atom stereocenters. The third-order valence-corrected chi connectivity index (χ3v) is 2.33. The molecular formula is C11H18N4O2. The number of nitrogens with zero attached hydrogens (tertiary/aromatic N) is 1. The Hall–Kier alpha value is -1.82. The lowest BCUT2D eigenvalue weighted by molar-refractivity contribution is -0.383. The molecule has 6 heteroatoms. The molecule has 0 saturated carbocycles. The number of nitro benzene ring substituents is 1. The van der Waals surface area contributed by atoms with Crippen LogP contribution in [0.2, 0.25) is 0 Å². The molecular weight excluding hydrogens is 220 g/mol. The molecule has 0 aromatic heterocycles. The number of nitro groups is 1. The van der Waals surface area contributed by atoms with Crippen LogP contribution in [0, 0.1) is 10.1 Å². The molecule has 0 heterocycles. The first-order valence-electron chi connectivity index (χ1n) is 5.63.